The predicted molar refractivity (Wildman–Crippen MR) is 140 cm³/mol. The van der Waals surface area contributed by atoms with Crippen LogP contribution in [0.25, 0.3) is 16.5 Å². The molecule has 2 saturated heterocycles. The number of morpholine rings is 1. The zero-order chi connectivity index (χ0) is 26.8. The van der Waals surface area contributed by atoms with Gasteiger partial charge in [0, 0.05) is 43.9 Å². The molecule has 10 heteroatoms. The number of carbonyl (C=O) groups excluding carboxylic acids is 2. The number of ether oxygens (including phenoxy) is 2. The van der Waals surface area contributed by atoms with Crippen molar-refractivity contribution in [3.8, 4) is 5.75 Å². The minimum atomic E-state index is -0.970. The number of carbonyl (C=O) groups is 2. The van der Waals surface area contributed by atoms with E-state index in [1.165, 1.54) is 23.1 Å². The van der Waals surface area contributed by atoms with E-state index < -0.39 is 22.7 Å². The number of hydrogen-bond acceptors (Lipinski definition) is 8. The molecule has 0 saturated carbocycles. The molecule has 2 aliphatic rings. The Bertz CT molecular complexity index is 1450. The van der Waals surface area contributed by atoms with Crippen LogP contribution in [0, 0.1) is 10.1 Å². The van der Waals surface area contributed by atoms with Gasteiger partial charge in [0.25, 0.3) is 17.4 Å². The van der Waals surface area contributed by atoms with Gasteiger partial charge in [-0.25, -0.2) is 0 Å². The van der Waals surface area contributed by atoms with Crippen molar-refractivity contribution in [2.75, 3.05) is 46.5 Å². The molecule has 0 bridgehead atoms. The van der Waals surface area contributed by atoms with Gasteiger partial charge in [0.2, 0.25) is 0 Å². The number of benzene rings is 3. The van der Waals surface area contributed by atoms with Crippen molar-refractivity contribution >= 4 is 33.9 Å². The van der Waals surface area contributed by atoms with Gasteiger partial charge in [-0.15, -0.1) is 0 Å². The van der Waals surface area contributed by atoms with Gasteiger partial charge in [-0.1, -0.05) is 30.3 Å². The van der Waals surface area contributed by atoms with Crippen LogP contribution >= 0.6 is 0 Å². The van der Waals surface area contributed by atoms with Crippen LogP contribution in [0.15, 0.2) is 66.2 Å². The summed E-state index contributed by atoms with van der Waals surface area (Å²) in [6, 6.07) is 15.5. The molecule has 1 unspecified atom stereocenters. The van der Waals surface area contributed by atoms with Crippen molar-refractivity contribution in [3.05, 3.63) is 87.5 Å². The number of rotatable bonds is 7. The predicted octanol–water partition coefficient (Wildman–Crippen LogP) is 3.51. The number of nitro benzene ring substituents is 1. The monoisotopic (exact) mass is 517 g/mol. The molecule has 3 aromatic rings. The Labute approximate surface area is 218 Å². The smallest absolute Gasteiger partial charge is 0.295 e. The van der Waals surface area contributed by atoms with E-state index >= 15 is 0 Å². The maximum Gasteiger partial charge on any atom is 0.295 e. The van der Waals surface area contributed by atoms with Crippen LogP contribution in [-0.4, -0.2) is 78.0 Å². The lowest BCUT2D eigenvalue weighted by Crippen LogP contribution is -2.42. The van der Waals surface area contributed by atoms with Gasteiger partial charge >= 0.3 is 0 Å². The maximum absolute atomic E-state index is 13.3. The average Bonchev–Trinajstić information content (AvgIpc) is 3.20. The summed E-state index contributed by atoms with van der Waals surface area (Å²) in [6.45, 7) is 3.29. The molecular weight excluding hydrogens is 490 g/mol. The number of non-ortho nitro benzene ring substituents is 1. The van der Waals surface area contributed by atoms with Gasteiger partial charge in [-0.05, 0) is 34.5 Å². The first-order chi connectivity index (χ1) is 18.4. The molecule has 1 N–H and O–H groups in total. The first kappa shape index (κ1) is 25.4. The van der Waals surface area contributed by atoms with Crippen LogP contribution < -0.4 is 4.74 Å². The van der Waals surface area contributed by atoms with Crippen molar-refractivity contribution in [2.24, 2.45) is 0 Å². The molecule has 38 heavy (non-hydrogen) atoms. The minimum absolute atomic E-state index is 0.0923. The van der Waals surface area contributed by atoms with Crippen LogP contribution in [-0.2, 0) is 14.3 Å². The molecule has 5 rings (SSSR count). The lowest BCUT2D eigenvalue weighted by atomic mass is 9.94. The van der Waals surface area contributed by atoms with Crippen LogP contribution in [0.3, 0.4) is 0 Å². The van der Waals surface area contributed by atoms with Crippen molar-refractivity contribution in [3.63, 3.8) is 0 Å². The summed E-state index contributed by atoms with van der Waals surface area (Å²) in [5.74, 6) is -1.21. The van der Waals surface area contributed by atoms with Crippen molar-refractivity contribution in [2.45, 2.75) is 6.04 Å². The van der Waals surface area contributed by atoms with Gasteiger partial charge in [-0.3, -0.25) is 24.6 Å². The normalized spacial score (nSPS) is 19.7. The Morgan fingerprint density at radius 1 is 1.05 bits per heavy atom. The zero-order valence-corrected chi connectivity index (χ0v) is 20.8. The van der Waals surface area contributed by atoms with E-state index in [9.17, 15) is 24.8 Å². The van der Waals surface area contributed by atoms with Crippen molar-refractivity contribution in [1.82, 2.24) is 9.80 Å². The second-order valence-corrected chi connectivity index (χ2v) is 9.23. The second kappa shape index (κ2) is 10.6. The molecule has 2 fully saturated rings. The molecule has 2 heterocycles. The number of ketones is 1. The van der Waals surface area contributed by atoms with Crippen LogP contribution in [0.1, 0.15) is 17.2 Å². The summed E-state index contributed by atoms with van der Waals surface area (Å²) in [7, 11) is 1.58. The highest BCUT2D eigenvalue weighted by Gasteiger charge is 2.46. The number of amides is 1. The van der Waals surface area contributed by atoms with E-state index in [0.717, 1.165) is 10.8 Å². The summed E-state index contributed by atoms with van der Waals surface area (Å²) in [5, 5.41) is 24.6. The lowest BCUT2D eigenvalue weighted by molar-refractivity contribution is -0.384. The highest BCUT2D eigenvalue weighted by molar-refractivity contribution is 6.46. The van der Waals surface area contributed by atoms with Crippen molar-refractivity contribution in [1.29, 1.82) is 0 Å². The van der Waals surface area contributed by atoms with Gasteiger partial charge < -0.3 is 19.5 Å². The summed E-state index contributed by atoms with van der Waals surface area (Å²) in [4.78, 5) is 41.1. The van der Waals surface area contributed by atoms with Crippen LogP contribution in [0.5, 0.6) is 5.75 Å². The van der Waals surface area contributed by atoms with E-state index in [1.54, 1.807) is 37.4 Å². The van der Waals surface area contributed by atoms with Crippen LogP contribution in [0.4, 0.5) is 5.69 Å². The van der Waals surface area contributed by atoms with Gasteiger partial charge in [0.05, 0.1) is 36.9 Å². The summed E-state index contributed by atoms with van der Waals surface area (Å²) in [5.41, 5.74) is 0.489. The molecule has 2 aliphatic heterocycles. The topological polar surface area (TPSA) is 122 Å². The fraction of sp³-hybridized carbons (Fsp3) is 0.286. The number of Topliss-reactive ketones (excluding diaryl/α,β-unsaturated/α-hetero) is 1. The third-order valence-electron chi connectivity index (χ3n) is 7.02. The van der Waals surface area contributed by atoms with Crippen LogP contribution in [0.2, 0.25) is 0 Å². The van der Waals surface area contributed by atoms with Gasteiger partial charge in [0.1, 0.15) is 11.5 Å². The Balaban J connectivity index is 1.58. The molecule has 1 atom stereocenters. The van der Waals surface area contributed by atoms with E-state index in [4.69, 9.17) is 9.47 Å². The number of aliphatic hydroxyl groups is 1. The SMILES string of the molecule is COc1ccc2cc(/C(O)=C3\C(=O)C(=O)N(CCN4CCOCC4)C3c3cccc([N+](=O)[O-])c3)ccc2c1. The number of fused-ring (bicyclic) bond motifs is 1. The van der Waals surface area contributed by atoms with E-state index in [1.807, 2.05) is 12.1 Å². The van der Waals surface area contributed by atoms with Gasteiger partial charge in [0.15, 0.2) is 0 Å². The highest BCUT2D eigenvalue weighted by atomic mass is 16.6. The fourth-order valence-corrected chi connectivity index (χ4v) is 4.99. The average molecular weight is 518 g/mol. The Morgan fingerprint density at radius 2 is 1.79 bits per heavy atom. The molecular formula is C28H27N3O7. The standard InChI is InChI=1S/C28H27N3O7/c1-37-23-8-7-18-15-21(6-5-19(18)17-23)26(32)24-25(20-3-2-4-22(16-20)31(35)36)30(28(34)27(24)33)10-9-29-11-13-38-14-12-29/h2-8,15-17,25,32H,9-14H2,1H3/b26-24+. The Kier molecular flexibility index (Phi) is 7.08. The largest absolute Gasteiger partial charge is 0.507 e. The Morgan fingerprint density at radius 3 is 2.53 bits per heavy atom. The molecule has 0 aromatic heterocycles. The van der Waals surface area contributed by atoms with E-state index in [2.05, 4.69) is 4.90 Å². The third kappa shape index (κ3) is 4.83. The number of likely N-dealkylation sites (tertiary alicyclic amines) is 1. The molecule has 10 nitrogen and oxygen atoms in total. The fourth-order valence-electron chi connectivity index (χ4n) is 4.99. The second-order valence-electron chi connectivity index (χ2n) is 9.23. The number of aliphatic hydroxyl groups excluding tert-OH is 1. The zero-order valence-electron chi connectivity index (χ0n) is 20.8. The quantitative estimate of drug-likeness (QED) is 0.166. The van der Waals surface area contributed by atoms with E-state index in [0.29, 0.717) is 49.7 Å². The third-order valence-corrected chi connectivity index (χ3v) is 7.02. The number of nitro groups is 1. The number of nitrogens with zero attached hydrogens (tertiary/aromatic N) is 3. The first-order valence-corrected chi connectivity index (χ1v) is 12.3. The maximum atomic E-state index is 13.3. The minimum Gasteiger partial charge on any atom is -0.507 e. The number of methoxy groups -OCH3 is 1. The number of hydrogen-bond donors (Lipinski definition) is 1. The molecule has 3 aromatic carbocycles. The molecule has 196 valence electrons. The molecule has 0 aliphatic carbocycles. The summed E-state index contributed by atoms with van der Waals surface area (Å²) in [6.07, 6.45) is 0. The first-order valence-electron chi connectivity index (χ1n) is 12.3. The van der Waals surface area contributed by atoms with Crippen molar-refractivity contribution < 1.29 is 29.1 Å². The molecule has 0 spiro atoms. The van der Waals surface area contributed by atoms with E-state index in [-0.39, 0.29) is 23.6 Å². The highest BCUT2D eigenvalue weighted by Crippen LogP contribution is 2.40. The molecule has 1 amide bonds. The molecule has 0 radical (unpaired) electrons. The summed E-state index contributed by atoms with van der Waals surface area (Å²) < 4.78 is 10.7. The van der Waals surface area contributed by atoms with Gasteiger partial charge in [-0.2, -0.15) is 0 Å². The Hall–Kier alpha value is -4.28. The lowest BCUT2D eigenvalue weighted by Gasteiger charge is -2.31. The summed E-state index contributed by atoms with van der Waals surface area (Å²) >= 11 is 0.